The molecule has 1 unspecified atom stereocenters. The first-order valence-corrected chi connectivity index (χ1v) is 6.05. The average Bonchev–Trinajstić information content (AvgIpc) is 2.39. The minimum absolute atomic E-state index is 0.0775. The minimum Gasteiger partial charge on any atom is -0.507 e. The van der Waals surface area contributed by atoms with Gasteiger partial charge in [-0.2, -0.15) is 0 Å². The summed E-state index contributed by atoms with van der Waals surface area (Å²) in [6, 6.07) is 2.74. The quantitative estimate of drug-likeness (QED) is 0.874. The highest BCUT2D eigenvalue weighted by Crippen LogP contribution is 2.39. The highest BCUT2D eigenvalue weighted by molar-refractivity contribution is 5.48. The maximum absolute atomic E-state index is 12.9. The van der Waals surface area contributed by atoms with Gasteiger partial charge >= 0.3 is 0 Å². The van der Waals surface area contributed by atoms with Gasteiger partial charge in [-0.25, -0.2) is 8.78 Å². The smallest absolute Gasteiger partial charge is 0.267 e. The lowest BCUT2D eigenvalue weighted by Gasteiger charge is -2.25. The molecule has 0 aromatic heterocycles. The standard InChI is InChI=1S/C13H17F2NO2/c1-18-8-6-9(11-4-2-3-5-16-11)12(17)10(7-8)13(14)15/h6-7,11,13,16-17H,2-5H2,1H3. The Balaban J connectivity index is 2.40. The van der Waals surface area contributed by atoms with Crippen molar-refractivity contribution >= 4 is 0 Å². The third-order valence-corrected chi connectivity index (χ3v) is 3.30. The Morgan fingerprint density at radius 1 is 1.39 bits per heavy atom. The fraction of sp³-hybridized carbons (Fsp3) is 0.538. The zero-order valence-electron chi connectivity index (χ0n) is 10.2. The van der Waals surface area contributed by atoms with Crippen molar-refractivity contribution in [2.24, 2.45) is 0 Å². The number of nitrogens with one attached hydrogen (secondary N) is 1. The summed E-state index contributed by atoms with van der Waals surface area (Å²) in [5.41, 5.74) is 0.140. The maximum Gasteiger partial charge on any atom is 0.267 e. The number of methoxy groups -OCH3 is 1. The number of alkyl halides is 2. The predicted molar refractivity (Wildman–Crippen MR) is 64.2 cm³/mol. The molecule has 1 aliphatic rings. The predicted octanol–water partition coefficient (Wildman–Crippen LogP) is 3.15. The van der Waals surface area contributed by atoms with Gasteiger partial charge in [-0.1, -0.05) is 6.42 Å². The number of phenolic OH excluding ortho intramolecular Hbond substituents is 1. The van der Waals surface area contributed by atoms with Gasteiger partial charge in [-0.15, -0.1) is 0 Å². The van der Waals surface area contributed by atoms with E-state index in [-0.39, 0.29) is 17.4 Å². The highest BCUT2D eigenvalue weighted by Gasteiger charge is 2.24. The third-order valence-electron chi connectivity index (χ3n) is 3.30. The van der Waals surface area contributed by atoms with Crippen LogP contribution in [0.15, 0.2) is 12.1 Å². The first-order chi connectivity index (χ1) is 8.63. The van der Waals surface area contributed by atoms with E-state index in [9.17, 15) is 13.9 Å². The Labute approximate surface area is 105 Å². The number of ether oxygens (including phenoxy) is 1. The Bertz CT molecular complexity index is 418. The van der Waals surface area contributed by atoms with Crippen molar-refractivity contribution in [1.82, 2.24) is 5.32 Å². The molecule has 0 amide bonds. The molecule has 1 aliphatic heterocycles. The zero-order valence-corrected chi connectivity index (χ0v) is 10.2. The number of rotatable bonds is 3. The molecule has 0 bridgehead atoms. The maximum atomic E-state index is 12.9. The van der Waals surface area contributed by atoms with Gasteiger partial charge in [0.05, 0.1) is 12.7 Å². The molecule has 1 atom stereocenters. The first-order valence-electron chi connectivity index (χ1n) is 6.05. The number of hydrogen-bond donors (Lipinski definition) is 2. The van der Waals surface area contributed by atoms with Crippen molar-refractivity contribution in [3.05, 3.63) is 23.3 Å². The lowest BCUT2D eigenvalue weighted by atomic mass is 9.94. The Kier molecular flexibility index (Phi) is 4.01. The van der Waals surface area contributed by atoms with Crippen molar-refractivity contribution in [3.63, 3.8) is 0 Å². The van der Waals surface area contributed by atoms with Gasteiger partial charge in [0.2, 0.25) is 0 Å². The van der Waals surface area contributed by atoms with E-state index in [1.54, 1.807) is 6.07 Å². The number of phenols is 1. The molecule has 1 heterocycles. The monoisotopic (exact) mass is 257 g/mol. The van der Waals surface area contributed by atoms with Gasteiger partial charge in [0.15, 0.2) is 0 Å². The fourth-order valence-corrected chi connectivity index (χ4v) is 2.32. The van der Waals surface area contributed by atoms with Crippen molar-refractivity contribution < 1.29 is 18.6 Å². The lowest BCUT2D eigenvalue weighted by molar-refractivity contribution is 0.146. The first kappa shape index (κ1) is 13.1. The second-order valence-corrected chi connectivity index (χ2v) is 4.46. The number of aromatic hydroxyl groups is 1. The summed E-state index contributed by atoms with van der Waals surface area (Å²) in [6.07, 6.45) is 0.229. The SMILES string of the molecule is COc1cc(C(F)F)c(O)c(C2CCCCN2)c1. The third kappa shape index (κ3) is 2.56. The number of piperidine rings is 1. The van der Waals surface area contributed by atoms with Crippen LogP contribution in [0.1, 0.15) is 42.9 Å². The molecular formula is C13H17F2NO2. The summed E-state index contributed by atoms with van der Waals surface area (Å²) in [4.78, 5) is 0. The molecule has 1 fully saturated rings. The van der Waals surface area contributed by atoms with Gasteiger partial charge in [-0.05, 0) is 31.5 Å². The summed E-state index contributed by atoms with van der Waals surface area (Å²) in [6.45, 7) is 0.839. The van der Waals surface area contributed by atoms with Gasteiger partial charge in [0.1, 0.15) is 11.5 Å². The van der Waals surface area contributed by atoms with E-state index in [0.29, 0.717) is 11.3 Å². The van der Waals surface area contributed by atoms with Crippen LogP contribution in [0.2, 0.25) is 0 Å². The van der Waals surface area contributed by atoms with Gasteiger partial charge < -0.3 is 15.2 Å². The summed E-state index contributed by atoms with van der Waals surface area (Å²) in [5, 5.41) is 13.2. The number of benzene rings is 1. The molecule has 18 heavy (non-hydrogen) atoms. The molecule has 3 nitrogen and oxygen atoms in total. The molecule has 0 radical (unpaired) electrons. The van der Waals surface area contributed by atoms with Gasteiger partial charge in [0, 0.05) is 11.6 Å². The fourth-order valence-electron chi connectivity index (χ4n) is 2.32. The molecule has 100 valence electrons. The van der Waals surface area contributed by atoms with E-state index >= 15 is 0 Å². The summed E-state index contributed by atoms with van der Waals surface area (Å²) >= 11 is 0. The van der Waals surface area contributed by atoms with Crippen LogP contribution in [0, 0.1) is 0 Å². The van der Waals surface area contributed by atoms with E-state index in [1.807, 2.05) is 0 Å². The summed E-state index contributed by atoms with van der Waals surface area (Å²) in [5.74, 6) is 0.0377. The Morgan fingerprint density at radius 2 is 2.17 bits per heavy atom. The number of halogens is 2. The second kappa shape index (κ2) is 5.52. The molecule has 2 rings (SSSR count). The Morgan fingerprint density at radius 3 is 2.72 bits per heavy atom. The van der Waals surface area contributed by atoms with E-state index in [1.165, 1.54) is 13.2 Å². The zero-order chi connectivity index (χ0) is 13.1. The molecule has 1 saturated heterocycles. The van der Waals surface area contributed by atoms with Crippen molar-refractivity contribution in [3.8, 4) is 11.5 Å². The number of hydrogen-bond acceptors (Lipinski definition) is 3. The molecule has 5 heteroatoms. The van der Waals surface area contributed by atoms with Crippen molar-refractivity contribution in [2.45, 2.75) is 31.7 Å². The normalized spacial score (nSPS) is 20.1. The lowest BCUT2D eigenvalue weighted by Crippen LogP contribution is -2.27. The van der Waals surface area contributed by atoms with Crippen LogP contribution in [0.4, 0.5) is 8.78 Å². The van der Waals surface area contributed by atoms with E-state index in [4.69, 9.17) is 4.74 Å². The largest absolute Gasteiger partial charge is 0.507 e. The summed E-state index contributed by atoms with van der Waals surface area (Å²) < 4.78 is 30.7. The van der Waals surface area contributed by atoms with Crippen LogP contribution in [0.5, 0.6) is 11.5 Å². The molecule has 2 N–H and O–H groups in total. The molecule has 0 spiro atoms. The topological polar surface area (TPSA) is 41.5 Å². The van der Waals surface area contributed by atoms with Crippen LogP contribution in [-0.2, 0) is 0 Å². The van der Waals surface area contributed by atoms with Crippen LogP contribution in [0.25, 0.3) is 0 Å². The average molecular weight is 257 g/mol. The molecular weight excluding hydrogens is 240 g/mol. The van der Waals surface area contributed by atoms with E-state index in [2.05, 4.69) is 5.32 Å². The molecule has 1 aromatic carbocycles. The summed E-state index contributed by atoms with van der Waals surface area (Å²) in [7, 11) is 1.43. The van der Waals surface area contributed by atoms with E-state index < -0.39 is 6.43 Å². The van der Waals surface area contributed by atoms with E-state index in [0.717, 1.165) is 25.8 Å². The van der Waals surface area contributed by atoms with Crippen molar-refractivity contribution in [2.75, 3.05) is 13.7 Å². The van der Waals surface area contributed by atoms with Crippen molar-refractivity contribution in [1.29, 1.82) is 0 Å². The molecule has 0 saturated carbocycles. The minimum atomic E-state index is -2.71. The van der Waals surface area contributed by atoms with Crippen LogP contribution in [-0.4, -0.2) is 18.8 Å². The Hall–Kier alpha value is -1.36. The van der Waals surface area contributed by atoms with Crippen LogP contribution >= 0.6 is 0 Å². The highest BCUT2D eigenvalue weighted by atomic mass is 19.3. The van der Waals surface area contributed by atoms with Gasteiger partial charge in [-0.3, -0.25) is 0 Å². The molecule has 1 aromatic rings. The molecule has 0 aliphatic carbocycles. The van der Waals surface area contributed by atoms with Crippen LogP contribution in [0.3, 0.4) is 0 Å². The van der Waals surface area contributed by atoms with Gasteiger partial charge in [0.25, 0.3) is 6.43 Å². The second-order valence-electron chi connectivity index (χ2n) is 4.46. The van der Waals surface area contributed by atoms with Crippen LogP contribution < -0.4 is 10.1 Å².